The van der Waals surface area contributed by atoms with E-state index in [1.54, 1.807) is 0 Å². The highest BCUT2D eigenvalue weighted by molar-refractivity contribution is 6.21. The summed E-state index contributed by atoms with van der Waals surface area (Å²) in [7, 11) is 0. The van der Waals surface area contributed by atoms with E-state index in [1.165, 1.54) is 0 Å². The largest absolute Gasteiger partial charge is 0.456 e. The minimum absolute atomic E-state index is 0.440. The van der Waals surface area contributed by atoms with Crippen molar-refractivity contribution in [1.29, 1.82) is 0 Å². The van der Waals surface area contributed by atoms with E-state index in [9.17, 15) is 13.7 Å². The second kappa shape index (κ2) is 9.29. The molecule has 0 radical (unpaired) electrons. The molecule has 9 aromatic carbocycles. The van der Waals surface area contributed by atoms with Crippen LogP contribution in [0.5, 0.6) is 0 Å². The third-order valence-electron chi connectivity index (χ3n) is 7.51. The predicted molar refractivity (Wildman–Crippen MR) is 192 cm³/mol. The molecule has 0 atom stereocenters. The van der Waals surface area contributed by atoms with Crippen molar-refractivity contribution >= 4 is 75.8 Å². The molecule has 0 amide bonds. The number of fused-ring (bicyclic) bond motifs is 9. The zero-order valence-corrected chi connectivity index (χ0v) is 22.4. The Labute approximate surface area is 296 Å². The summed E-state index contributed by atoms with van der Waals surface area (Å²) in [5.74, 6) is 0. The van der Waals surface area contributed by atoms with Crippen LogP contribution in [0.4, 0.5) is 0 Å². The standard InChI is InChI=1S/C44H26O/c1-2-10-30-26-42-40(24-29(30)9-1)44-37(14-7-15-41(44)45-42)32-18-16-27-17-19-33(23-34(27)22-32)43-36-13-6-4-11-31(36)25-39-35-12-5-3-8-28(35)20-21-38(39)43/h1-26H/i1D,2D,3D,4D,5D,6D,7D,8D,9D,10D,11D,12D,13D,14D,15D,16D,17D,18D,19D,20D,21D,22D,23D,24D,25D,26D. The Morgan fingerprint density at radius 1 is 0.356 bits per heavy atom. The molecule has 1 nitrogen and oxygen atoms in total. The van der Waals surface area contributed by atoms with Crippen LogP contribution in [0.3, 0.4) is 0 Å². The molecule has 0 aliphatic heterocycles. The highest BCUT2D eigenvalue weighted by Crippen LogP contribution is 2.42. The molecule has 1 aromatic heterocycles. The Morgan fingerprint density at radius 2 is 1.02 bits per heavy atom. The summed E-state index contributed by atoms with van der Waals surface area (Å²) in [6.07, 6.45) is 0. The van der Waals surface area contributed by atoms with E-state index in [2.05, 4.69) is 0 Å². The van der Waals surface area contributed by atoms with Gasteiger partial charge < -0.3 is 4.42 Å². The van der Waals surface area contributed by atoms with Gasteiger partial charge in [-0.25, -0.2) is 0 Å². The summed E-state index contributed by atoms with van der Waals surface area (Å²) in [5.41, 5.74) is -3.97. The second-order valence-corrected chi connectivity index (χ2v) is 10.0. The Kier molecular flexibility index (Phi) is 2.13. The lowest BCUT2D eigenvalue weighted by atomic mass is 9.88. The molecule has 0 fully saturated rings. The van der Waals surface area contributed by atoms with Crippen LogP contribution in [0.2, 0.25) is 0 Å². The highest BCUT2D eigenvalue weighted by Gasteiger charge is 2.16. The van der Waals surface area contributed by atoms with E-state index in [4.69, 9.17) is 26.3 Å². The van der Waals surface area contributed by atoms with E-state index >= 15 is 0 Å². The molecule has 0 aliphatic carbocycles. The Hall–Kier alpha value is -5.92. The molecule has 208 valence electrons. The van der Waals surface area contributed by atoms with Crippen LogP contribution < -0.4 is 0 Å². The van der Waals surface area contributed by atoms with E-state index in [0.717, 1.165) is 0 Å². The summed E-state index contributed by atoms with van der Waals surface area (Å²) in [4.78, 5) is 0. The maximum Gasteiger partial charge on any atom is 0.136 e. The molecule has 0 unspecified atom stereocenters. The molecule has 0 bridgehead atoms. The molecular weight excluding hydrogens is 544 g/mol. The van der Waals surface area contributed by atoms with Gasteiger partial charge >= 0.3 is 0 Å². The van der Waals surface area contributed by atoms with Crippen molar-refractivity contribution in [2.75, 3.05) is 0 Å². The molecule has 0 spiro atoms. The fourth-order valence-electron chi connectivity index (χ4n) is 5.54. The van der Waals surface area contributed by atoms with Crippen molar-refractivity contribution < 1.29 is 40.1 Å². The monoisotopic (exact) mass is 596 g/mol. The summed E-state index contributed by atoms with van der Waals surface area (Å²) in [5, 5.41) is -6.71. The first-order valence-electron chi connectivity index (χ1n) is 26.4. The summed E-state index contributed by atoms with van der Waals surface area (Å²) < 4.78 is 239. The smallest absolute Gasteiger partial charge is 0.136 e. The van der Waals surface area contributed by atoms with Crippen LogP contribution >= 0.6 is 0 Å². The van der Waals surface area contributed by atoms with Gasteiger partial charge in [0, 0.05) is 10.8 Å². The van der Waals surface area contributed by atoms with Gasteiger partial charge in [-0.15, -0.1) is 0 Å². The van der Waals surface area contributed by atoms with Crippen LogP contribution in [-0.2, 0) is 0 Å². The molecule has 0 saturated heterocycles. The third kappa shape index (κ3) is 3.68. The number of hydrogen-bond acceptors (Lipinski definition) is 1. The van der Waals surface area contributed by atoms with Crippen molar-refractivity contribution in [3.63, 3.8) is 0 Å². The van der Waals surface area contributed by atoms with Crippen LogP contribution in [0.15, 0.2) is 162 Å². The lowest BCUT2D eigenvalue weighted by Gasteiger charge is -2.15. The SMILES string of the molecule is [2H]c1c([2H])c(-c2c([2H])c([2H])c3c([2H])c([2H])c(-c4c5c([2H])c([2H])c([2H])c([2H])c5c([2H])c5c4c([2H])c([2H])c4c([2H])c([2H])c([2H])c([2H])c45)c([2H])c3c2[2H])c2c(oc3c([2H])c4c([2H])c([2H])c([2H])c([2H])c4c([2H])c32)c1[2H]. The molecule has 45 heavy (non-hydrogen) atoms. The van der Waals surface area contributed by atoms with Gasteiger partial charge in [-0.1, -0.05) is 121 Å². The highest BCUT2D eigenvalue weighted by atomic mass is 16.3. The first-order valence-corrected chi connectivity index (χ1v) is 13.4. The number of rotatable bonds is 2. The average Bonchev–Trinajstić information content (AvgIpc) is 3.74. The number of furan rings is 1. The van der Waals surface area contributed by atoms with E-state index in [1.807, 2.05) is 0 Å². The number of hydrogen-bond donors (Lipinski definition) is 0. The Balaban J connectivity index is 1.47. The molecule has 1 heteroatoms. The van der Waals surface area contributed by atoms with Gasteiger partial charge in [-0.3, -0.25) is 0 Å². The zero-order valence-electron chi connectivity index (χ0n) is 48.4. The average molecular weight is 597 g/mol. The van der Waals surface area contributed by atoms with Gasteiger partial charge in [0.15, 0.2) is 0 Å². The lowest BCUT2D eigenvalue weighted by Crippen LogP contribution is -1.88. The normalized spacial score (nSPS) is 20.1. The quantitative estimate of drug-likeness (QED) is 0.143. The van der Waals surface area contributed by atoms with Crippen molar-refractivity contribution in [2.45, 2.75) is 0 Å². The molecular formula is C44H26O. The predicted octanol–water partition coefficient (Wildman–Crippen LogP) is 12.7. The van der Waals surface area contributed by atoms with Crippen LogP contribution in [-0.4, -0.2) is 0 Å². The fourth-order valence-corrected chi connectivity index (χ4v) is 5.54. The van der Waals surface area contributed by atoms with Crippen LogP contribution in [0.25, 0.3) is 98.1 Å². The lowest BCUT2D eigenvalue weighted by molar-refractivity contribution is 0.669. The van der Waals surface area contributed by atoms with Crippen molar-refractivity contribution in [3.05, 3.63) is 157 Å². The molecule has 1 heterocycles. The second-order valence-electron chi connectivity index (χ2n) is 10.0. The van der Waals surface area contributed by atoms with Gasteiger partial charge in [-0.05, 0) is 112 Å². The maximum atomic E-state index is 9.86. The molecule has 0 saturated carbocycles. The van der Waals surface area contributed by atoms with Crippen molar-refractivity contribution in [2.24, 2.45) is 0 Å². The van der Waals surface area contributed by atoms with Crippen molar-refractivity contribution in [1.82, 2.24) is 0 Å². The minimum atomic E-state index is -0.981. The molecule has 10 aromatic rings. The zero-order chi connectivity index (χ0) is 52.1. The summed E-state index contributed by atoms with van der Waals surface area (Å²) >= 11 is 0. The van der Waals surface area contributed by atoms with E-state index in [0.29, 0.717) is 0 Å². The Morgan fingerprint density at radius 3 is 1.89 bits per heavy atom. The first-order chi connectivity index (χ1) is 33.2. The van der Waals surface area contributed by atoms with E-state index in [-0.39, 0.29) is 0 Å². The van der Waals surface area contributed by atoms with Gasteiger partial charge in [0.1, 0.15) is 11.2 Å². The molecule has 10 rings (SSSR count). The van der Waals surface area contributed by atoms with Gasteiger partial charge in [0.25, 0.3) is 0 Å². The topological polar surface area (TPSA) is 13.1 Å². The first kappa shape index (κ1) is 10.3. The maximum absolute atomic E-state index is 9.86. The van der Waals surface area contributed by atoms with Gasteiger partial charge in [-0.2, -0.15) is 0 Å². The van der Waals surface area contributed by atoms with E-state index < -0.39 is 255 Å². The minimum Gasteiger partial charge on any atom is -0.456 e. The molecule has 0 N–H and O–H groups in total. The summed E-state index contributed by atoms with van der Waals surface area (Å²) in [6, 6.07) is -21.9. The van der Waals surface area contributed by atoms with Crippen LogP contribution in [0, 0.1) is 0 Å². The molecule has 0 aliphatic rings. The summed E-state index contributed by atoms with van der Waals surface area (Å²) in [6.45, 7) is 0. The number of benzene rings is 9. The van der Waals surface area contributed by atoms with Crippen LogP contribution in [0.1, 0.15) is 35.6 Å². The third-order valence-corrected chi connectivity index (χ3v) is 7.51. The van der Waals surface area contributed by atoms with Gasteiger partial charge in [0.2, 0.25) is 0 Å². The van der Waals surface area contributed by atoms with Crippen molar-refractivity contribution in [3.8, 4) is 22.3 Å². The van der Waals surface area contributed by atoms with Gasteiger partial charge in [0.05, 0.1) is 35.6 Å². The Bertz CT molecular complexity index is 4290. The fraction of sp³-hybridized carbons (Fsp3) is 0.